The van der Waals surface area contributed by atoms with Crippen molar-refractivity contribution < 1.29 is 9.53 Å². The van der Waals surface area contributed by atoms with Crippen LogP contribution in [0.1, 0.15) is 18.4 Å². The molecule has 0 bridgehead atoms. The Morgan fingerprint density at radius 1 is 1.40 bits per heavy atom. The van der Waals surface area contributed by atoms with E-state index in [-0.39, 0.29) is 5.97 Å². The molecule has 0 atom stereocenters. The predicted molar refractivity (Wildman–Crippen MR) is 77.5 cm³/mol. The molecule has 1 heterocycles. The summed E-state index contributed by atoms with van der Waals surface area (Å²) in [5, 5.41) is 4.33. The van der Waals surface area contributed by atoms with E-state index >= 15 is 0 Å². The van der Waals surface area contributed by atoms with Crippen LogP contribution in [0.4, 0.5) is 0 Å². The van der Waals surface area contributed by atoms with Crippen LogP contribution in [0.2, 0.25) is 0 Å². The Hall–Kier alpha value is -1.75. The largest absolute Gasteiger partial charge is 0.467 e. The maximum Gasteiger partial charge on any atom is 0.333 e. The van der Waals surface area contributed by atoms with Crippen LogP contribution in [0, 0.1) is 0 Å². The first-order valence-corrected chi connectivity index (χ1v) is 7.53. The molecule has 0 aliphatic heterocycles. The zero-order valence-electron chi connectivity index (χ0n) is 11.3. The Kier molecular flexibility index (Phi) is 3.53. The van der Waals surface area contributed by atoms with Crippen LogP contribution >= 0.6 is 11.8 Å². The van der Waals surface area contributed by atoms with Gasteiger partial charge in [0.2, 0.25) is 0 Å². The van der Waals surface area contributed by atoms with Crippen LogP contribution in [0.3, 0.4) is 0 Å². The Morgan fingerprint density at radius 2 is 2.15 bits per heavy atom. The summed E-state index contributed by atoms with van der Waals surface area (Å²) in [7, 11) is 1.43. The van der Waals surface area contributed by atoms with Gasteiger partial charge in [-0.1, -0.05) is 30.3 Å². The lowest BCUT2D eigenvalue weighted by atomic mass is 10.2. The van der Waals surface area contributed by atoms with Gasteiger partial charge < -0.3 is 4.74 Å². The predicted octanol–water partition coefficient (Wildman–Crippen LogP) is 2.84. The van der Waals surface area contributed by atoms with E-state index in [0.717, 1.165) is 23.5 Å². The second-order valence-corrected chi connectivity index (χ2v) is 5.97. The average Bonchev–Trinajstić information content (AvgIpc) is 3.17. The topological polar surface area (TPSA) is 44.1 Å². The number of nitrogens with zero attached hydrogens (tertiary/aromatic N) is 2. The van der Waals surface area contributed by atoms with Crippen LogP contribution in [0.25, 0.3) is 0 Å². The quantitative estimate of drug-likeness (QED) is 0.627. The van der Waals surface area contributed by atoms with Gasteiger partial charge in [0.25, 0.3) is 0 Å². The first-order chi connectivity index (χ1) is 9.74. The molecule has 0 saturated heterocycles. The maximum absolute atomic E-state index is 11.8. The highest BCUT2D eigenvalue weighted by Gasteiger charge is 2.54. The third-order valence-corrected chi connectivity index (χ3v) is 4.56. The summed E-state index contributed by atoms with van der Waals surface area (Å²) >= 11 is 1.72. The van der Waals surface area contributed by atoms with Crippen molar-refractivity contribution in [3.63, 3.8) is 0 Å². The zero-order chi connectivity index (χ0) is 14.0. The van der Waals surface area contributed by atoms with E-state index in [9.17, 15) is 4.79 Å². The van der Waals surface area contributed by atoms with E-state index in [2.05, 4.69) is 17.2 Å². The van der Waals surface area contributed by atoms with Crippen molar-refractivity contribution in [2.75, 3.05) is 7.11 Å². The standard InChI is InChI=1S/C15H16N2O2S/c1-19-14(18)15(7-8-15)17-10-13(9-16-17)20-11-12-5-3-2-4-6-12/h2-6,9-10H,7-8,11H2,1H3. The summed E-state index contributed by atoms with van der Waals surface area (Å²) in [6.07, 6.45) is 5.38. The van der Waals surface area contributed by atoms with Crippen LogP contribution < -0.4 is 0 Å². The Morgan fingerprint density at radius 3 is 2.80 bits per heavy atom. The SMILES string of the molecule is COC(=O)C1(n2cc(SCc3ccccc3)cn2)CC1. The second-order valence-electron chi connectivity index (χ2n) is 4.92. The van der Waals surface area contributed by atoms with Crippen molar-refractivity contribution in [1.29, 1.82) is 0 Å². The van der Waals surface area contributed by atoms with E-state index in [1.165, 1.54) is 12.7 Å². The number of esters is 1. The number of carbonyl (C=O) groups is 1. The fourth-order valence-electron chi connectivity index (χ4n) is 2.19. The van der Waals surface area contributed by atoms with Crippen molar-refractivity contribution in [3.8, 4) is 0 Å². The van der Waals surface area contributed by atoms with Gasteiger partial charge >= 0.3 is 5.97 Å². The monoisotopic (exact) mass is 288 g/mol. The van der Waals surface area contributed by atoms with Gasteiger partial charge in [-0.3, -0.25) is 4.68 Å². The van der Waals surface area contributed by atoms with Crippen LogP contribution in [0.15, 0.2) is 47.6 Å². The molecule has 0 amide bonds. The summed E-state index contributed by atoms with van der Waals surface area (Å²) in [5.41, 5.74) is 0.736. The van der Waals surface area contributed by atoms with Crippen molar-refractivity contribution in [3.05, 3.63) is 48.3 Å². The summed E-state index contributed by atoms with van der Waals surface area (Å²) in [4.78, 5) is 12.9. The number of hydrogen-bond donors (Lipinski definition) is 0. The van der Waals surface area contributed by atoms with Crippen molar-refractivity contribution in [2.45, 2.75) is 29.0 Å². The molecule has 1 saturated carbocycles. The van der Waals surface area contributed by atoms with Crippen LogP contribution in [-0.4, -0.2) is 22.9 Å². The molecule has 0 radical (unpaired) electrons. The van der Waals surface area contributed by atoms with Gasteiger partial charge in [0, 0.05) is 16.8 Å². The first kappa shape index (κ1) is 13.2. The first-order valence-electron chi connectivity index (χ1n) is 6.55. The molecule has 20 heavy (non-hydrogen) atoms. The molecule has 5 heteroatoms. The molecule has 0 unspecified atom stereocenters. The van der Waals surface area contributed by atoms with Gasteiger partial charge in [-0.25, -0.2) is 4.79 Å². The van der Waals surface area contributed by atoms with E-state index in [1.54, 1.807) is 16.4 Å². The van der Waals surface area contributed by atoms with E-state index in [4.69, 9.17) is 4.74 Å². The minimum atomic E-state index is -0.541. The Labute approximate surface area is 122 Å². The highest BCUT2D eigenvalue weighted by molar-refractivity contribution is 7.98. The third-order valence-electron chi connectivity index (χ3n) is 3.53. The zero-order valence-corrected chi connectivity index (χ0v) is 12.1. The third kappa shape index (κ3) is 2.45. The van der Waals surface area contributed by atoms with Crippen LogP contribution in [0.5, 0.6) is 0 Å². The number of thioether (sulfide) groups is 1. The molecule has 0 spiro atoms. The molecule has 0 N–H and O–H groups in total. The lowest BCUT2D eigenvalue weighted by Gasteiger charge is -2.12. The maximum atomic E-state index is 11.8. The molecule has 1 aromatic carbocycles. The minimum Gasteiger partial charge on any atom is -0.467 e. The van der Waals surface area contributed by atoms with Gasteiger partial charge in [-0.05, 0) is 18.4 Å². The van der Waals surface area contributed by atoms with E-state index in [1.807, 2.05) is 30.6 Å². The van der Waals surface area contributed by atoms with E-state index in [0.29, 0.717) is 0 Å². The fourth-order valence-corrected chi connectivity index (χ4v) is 3.01. The number of aromatic nitrogens is 2. The number of methoxy groups -OCH3 is 1. The number of hydrogen-bond acceptors (Lipinski definition) is 4. The highest BCUT2D eigenvalue weighted by atomic mass is 32.2. The molecule has 3 rings (SSSR count). The molecular weight excluding hydrogens is 272 g/mol. The Bertz CT molecular complexity index is 605. The highest BCUT2D eigenvalue weighted by Crippen LogP contribution is 2.44. The van der Waals surface area contributed by atoms with Gasteiger partial charge in [0.05, 0.1) is 13.3 Å². The number of rotatable bonds is 5. The molecule has 104 valence electrons. The summed E-state index contributed by atoms with van der Waals surface area (Å²) in [6, 6.07) is 10.3. The van der Waals surface area contributed by atoms with Crippen LogP contribution in [-0.2, 0) is 20.8 Å². The van der Waals surface area contributed by atoms with Gasteiger partial charge in [-0.15, -0.1) is 11.8 Å². The van der Waals surface area contributed by atoms with Crippen molar-refractivity contribution >= 4 is 17.7 Å². The summed E-state index contributed by atoms with van der Waals surface area (Å²) < 4.78 is 6.62. The normalized spacial score (nSPS) is 15.8. The summed E-state index contributed by atoms with van der Waals surface area (Å²) in [6.45, 7) is 0. The molecule has 1 fully saturated rings. The summed E-state index contributed by atoms with van der Waals surface area (Å²) in [5.74, 6) is 0.706. The van der Waals surface area contributed by atoms with Gasteiger partial charge in [0.15, 0.2) is 5.54 Å². The molecule has 1 aromatic heterocycles. The lowest BCUT2D eigenvalue weighted by molar-refractivity contribution is -0.146. The smallest absolute Gasteiger partial charge is 0.333 e. The second kappa shape index (κ2) is 5.32. The average molecular weight is 288 g/mol. The lowest BCUT2D eigenvalue weighted by Crippen LogP contribution is -2.29. The van der Waals surface area contributed by atoms with E-state index < -0.39 is 5.54 Å². The number of benzene rings is 1. The number of ether oxygens (including phenoxy) is 1. The van der Waals surface area contributed by atoms with Gasteiger partial charge in [-0.2, -0.15) is 5.10 Å². The molecule has 1 aliphatic rings. The molecular formula is C15H16N2O2S. The fraction of sp³-hybridized carbons (Fsp3) is 0.333. The van der Waals surface area contributed by atoms with Gasteiger partial charge in [0.1, 0.15) is 0 Å². The molecule has 4 nitrogen and oxygen atoms in total. The Balaban J connectivity index is 1.67. The molecule has 2 aromatic rings. The van der Waals surface area contributed by atoms with Crippen molar-refractivity contribution in [1.82, 2.24) is 9.78 Å². The van der Waals surface area contributed by atoms with Crippen molar-refractivity contribution in [2.24, 2.45) is 0 Å². The molecule has 1 aliphatic carbocycles. The number of carbonyl (C=O) groups excluding carboxylic acids is 1. The minimum absolute atomic E-state index is 0.194.